The van der Waals surface area contributed by atoms with E-state index in [-0.39, 0.29) is 18.0 Å². The van der Waals surface area contributed by atoms with Crippen LogP contribution >= 0.6 is 15.9 Å². The third kappa shape index (κ3) is 4.38. The van der Waals surface area contributed by atoms with E-state index in [9.17, 15) is 18.4 Å². The molecule has 0 saturated heterocycles. The fraction of sp³-hybridized carbons (Fsp3) is 0.176. The second-order valence-electron chi connectivity index (χ2n) is 5.30. The molecule has 0 radical (unpaired) electrons. The van der Waals surface area contributed by atoms with Gasteiger partial charge in [0.05, 0.1) is 6.54 Å². The van der Waals surface area contributed by atoms with E-state index in [2.05, 4.69) is 21.2 Å². The number of halogens is 3. The minimum absolute atomic E-state index is 0.0241. The van der Waals surface area contributed by atoms with E-state index in [4.69, 9.17) is 0 Å². The Morgan fingerprint density at radius 3 is 2.46 bits per heavy atom. The molecular formula is C17H15BrF2N2O2. The largest absolute Gasteiger partial charge is 0.332 e. The molecule has 0 fully saturated rings. The number of aryl methyl sites for hydroxylation is 1. The summed E-state index contributed by atoms with van der Waals surface area (Å²) in [5.74, 6) is -3.10. The molecule has 0 unspecified atom stereocenters. The molecule has 0 aromatic heterocycles. The Bertz CT molecular complexity index is 796. The summed E-state index contributed by atoms with van der Waals surface area (Å²) in [5.41, 5.74) is 1.48. The fourth-order valence-electron chi connectivity index (χ4n) is 2.09. The molecule has 2 aromatic rings. The number of carbonyl (C=O) groups is 2. The Hall–Kier alpha value is -2.28. The van der Waals surface area contributed by atoms with E-state index in [1.165, 1.54) is 13.1 Å². The topological polar surface area (TPSA) is 49.4 Å². The van der Waals surface area contributed by atoms with Crippen molar-refractivity contribution in [1.82, 2.24) is 4.90 Å². The van der Waals surface area contributed by atoms with Crippen LogP contribution in [0.4, 0.5) is 14.5 Å². The van der Waals surface area contributed by atoms with Gasteiger partial charge >= 0.3 is 0 Å². The van der Waals surface area contributed by atoms with Crippen LogP contribution in [0.2, 0.25) is 0 Å². The highest BCUT2D eigenvalue weighted by Gasteiger charge is 2.17. The molecular weight excluding hydrogens is 382 g/mol. The van der Waals surface area contributed by atoms with Crippen molar-refractivity contribution in [2.45, 2.75) is 6.92 Å². The van der Waals surface area contributed by atoms with Gasteiger partial charge < -0.3 is 10.2 Å². The maximum atomic E-state index is 13.2. The molecule has 2 aromatic carbocycles. The molecule has 0 bridgehead atoms. The molecule has 1 N–H and O–H groups in total. The van der Waals surface area contributed by atoms with Gasteiger partial charge in [-0.3, -0.25) is 9.59 Å². The number of anilines is 1. The van der Waals surface area contributed by atoms with Crippen LogP contribution in [0.3, 0.4) is 0 Å². The van der Waals surface area contributed by atoms with Gasteiger partial charge in [-0.05, 0) is 48.9 Å². The van der Waals surface area contributed by atoms with E-state index in [0.717, 1.165) is 27.1 Å². The lowest BCUT2D eigenvalue weighted by Gasteiger charge is -2.17. The molecule has 24 heavy (non-hydrogen) atoms. The molecule has 2 amide bonds. The van der Waals surface area contributed by atoms with Gasteiger partial charge in [-0.1, -0.05) is 15.9 Å². The van der Waals surface area contributed by atoms with Gasteiger partial charge in [-0.2, -0.15) is 0 Å². The summed E-state index contributed by atoms with van der Waals surface area (Å²) in [4.78, 5) is 25.4. The number of nitrogens with one attached hydrogen (secondary N) is 1. The van der Waals surface area contributed by atoms with Gasteiger partial charge in [0.2, 0.25) is 5.91 Å². The predicted octanol–water partition coefficient (Wildman–Crippen LogP) is 3.75. The van der Waals surface area contributed by atoms with Crippen LogP contribution in [0.1, 0.15) is 15.9 Å². The average Bonchev–Trinajstić information content (AvgIpc) is 2.52. The molecule has 0 spiro atoms. The van der Waals surface area contributed by atoms with E-state index in [1.807, 2.05) is 13.0 Å². The predicted molar refractivity (Wildman–Crippen MR) is 90.8 cm³/mol. The van der Waals surface area contributed by atoms with Crippen LogP contribution in [0.5, 0.6) is 0 Å². The van der Waals surface area contributed by atoms with Crippen LogP contribution in [-0.2, 0) is 4.79 Å². The third-order valence-electron chi connectivity index (χ3n) is 3.36. The molecule has 4 nitrogen and oxygen atoms in total. The summed E-state index contributed by atoms with van der Waals surface area (Å²) in [6.07, 6.45) is 0. The summed E-state index contributed by atoms with van der Waals surface area (Å²) in [7, 11) is 1.41. The van der Waals surface area contributed by atoms with Crippen LogP contribution in [0.25, 0.3) is 0 Å². The van der Waals surface area contributed by atoms with Crippen molar-refractivity contribution in [2.24, 2.45) is 0 Å². The number of benzene rings is 2. The Labute approximate surface area is 146 Å². The molecule has 2 rings (SSSR count). The van der Waals surface area contributed by atoms with Gasteiger partial charge in [-0.15, -0.1) is 0 Å². The number of amides is 2. The first-order valence-electron chi connectivity index (χ1n) is 7.04. The first-order chi connectivity index (χ1) is 11.3. The van der Waals surface area contributed by atoms with Crippen molar-refractivity contribution >= 4 is 33.4 Å². The summed E-state index contributed by atoms with van der Waals surface area (Å²) >= 11 is 3.34. The molecule has 0 aliphatic carbocycles. The second kappa shape index (κ2) is 7.53. The van der Waals surface area contributed by atoms with Crippen molar-refractivity contribution in [1.29, 1.82) is 0 Å². The SMILES string of the molecule is Cc1cc(Br)ccc1NC(=O)CN(C)C(=O)c1ccc(F)c(F)c1. The van der Waals surface area contributed by atoms with Gasteiger partial charge in [0, 0.05) is 22.8 Å². The minimum Gasteiger partial charge on any atom is -0.332 e. The van der Waals surface area contributed by atoms with Gasteiger partial charge in [-0.25, -0.2) is 8.78 Å². The van der Waals surface area contributed by atoms with Crippen molar-refractivity contribution in [2.75, 3.05) is 18.9 Å². The summed E-state index contributed by atoms with van der Waals surface area (Å²) in [6, 6.07) is 8.25. The zero-order valence-electron chi connectivity index (χ0n) is 13.1. The number of carbonyl (C=O) groups excluding carboxylic acids is 2. The van der Waals surface area contributed by atoms with Crippen LogP contribution in [0.15, 0.2) is 40.9 Å². The zero-order valence-corrected chi connectivity index (χ0v) is 14.7. The van der Waals surface area contributed by atoms with Gasteiger partial charge in [0.25, 0.3) is 5.91 Å². The molecule has 0 aliphatic heterocycles. The molecule has 0 saturated carbocycles. The zero-order chi connectivity index (χ0) is 17.9. The minimum atomic E-state index is -1.11. The van der Waals surface area contributed by atoms with E-state index in [0.29, 0.717) is 5.69 Å². The molecule has 0 aliphatic rings. The quantitative estimate of drug-likeness (QED) is 0.855. The lowest BCUT2D eigenvalue weighted by Crippen LogP contribution is -2.35. The van der Waals surface area contributed by atoms with Crippen LogP contribution < -0.4 is 5.32 Å². The lowest BCUT2D eigenvalue weighted by molar-refractivity contribution is -0.116. The number of hydrogen-bond donors (Lipinski definition) is 1. The van der Waals surface area contributed by atoms with Crippen LogP contribution in [-0.4, -0.2) is 30.3 Å². The number of likely N-dealkylation sites (N-methyl/N-ethyl adjacent to an activating group) is 1. The van der Waals surface area contributed by atoms with Crippen molar-refractivity contribution < 1.29 is 18.4 Å². The molecule has 7 heteroatoms. The average molecular weight is 397 g/mol. The lowest BCUT2D eigenvalue weighted by atomic mass is 10.2. The summed E-state index contributed by atoms with van der Waals surface area (Å²) in [6.45, 7) is 1.63. The fourth-order valence-corrected chi connectivity index (χ4v) is 2.57. The Balaban J connectivity index is 2.02. The number of nitrogens with zero attached hydrogens (tertiary/aromatic N) is 1. The first-order valence-corrected chi connectivity index (χ1v) is 7.83. The maximum absolute atomic E-state index is 13.2. The molecule has 0 atom stereocenters. The van der Waals surface area contributed by atoms with Crippen molar-refractivity contribution in [3.05, 3.63) is 63.6 Å². The van der Waals surface area contributed by atoms with E-state index in [1.54, 1.807) is 12.1 Å². The highest BCUT2D eigenvalue weighted by molar-refractivity contribution is 9.10. The van der Waals surface area contributed by atoms with E-state index < -0.39 is 17.5 Å². The number of rotatable bonds is 4. The van der Waals surface area contributed by atoms with Crippen molar-refractivity contribution in [3.63, 3.8) is 0 Å². The normalized spacial score (nSPS) is 10.4. The standard InChI is InChI=1S/C17H15BrF2N2O2/c1-10-7-12(18)4-6-15(10)21-16(23)9-22(2)17(24)11-3-5-13(19)14(20)8-11/h3-8H,9H2,1-2H3,(H,21,23). The Morgan fingerprint density at radius 1 is 1.12 bits per heavy atom. The monoisotopic (exact) mass is 396 g/mol. The third-order valence-corrected chi connectivity index (χ3v) is 3.85. The van der Waals surface area contributed by atoms with Crippen molar-refractivity contribution in [3.8, 4) is 0 Å². The van der Waals surface area contributed by atoms with E-state index >= 15 is 0 Å². The highest BCUT2D eigenvalue weighted by atomic mass is 79.9. The van der Waals surface area contributed by atoms with Crippen LogP contribution in [0, 0.1) is 18.6 Å². The van der Waals surface area contributed by atoms with Gasteiger partial charge in [0.15, 0.2) is 11.6 Å². The molecule has 126 valence electrons. The Kier molecular flexibility index (Phi) is 5.66. The smallest absolute Gasteiger partial charge is 0.254 e. The summed E-state index contributed by atoms with van der Waals surface area (Å²) < 4.78 is 27.0. The molecule has 0 heterocycles. The maximum Gasteiger partial charge on any atom is 0.254 e. The first kappa shape index (κ1) is 18.1. The Morgan fingerprint density at radius 2 is 1.83 bits per heavy atom. The second-order valence-corrected chi connectivity index (χ2v) is 6.21. The number of hydrogen-bond acceptors (Lipinski definition) is 2. The van der Waals surface area contributed by atoms with Gasteiger partial charge in [0.1, 0.15) is 0 Å². The highest BCUT2D eigenvalue weighted by Crippen LogP contribution is 2.20. The summed E-state index contributed by atoms with van der Waals surface area (Å²) in [5, 5.41) is 2.71.